The number of H-pyrrole nitrogens is 1. The van der Waals surface area contributed by atoms with Gasteiger partial charge in [0.15, 0.2) is 0 Å². The van der Waals surface area contributed by atoms with Gasteiger partial charge in [0.05, 0.1) is 0 Å². The molecule has 0 bridgehead atoms. The maximum absolute atomic E-state index is 5.79. The maximum atomic E-state index is 5.79. The van der Waals surface area contributed by atoms with E-state index in [0.29, 0.717) is 0 Å². The molecule has 3 aromatic rings. The number of fused-ring (bicyclic) bond motifs is 3. The quantitative estimate of drug-likeness (QED) is 0.697. The van der Waals surface area contributed by atoms with Crippen molar-refractivity contribution in [1.82, 2.24) is 10.3 Å². The molecule has 96 valence electrons. The first-order valence-corrected chi connectivity index (χ1v) is 6.72. The molecule has 1 aromatic carbocycles. The zero-order valence-corrected chi connectivity index (χ0v) is 10.9. The van der Waals surface area contributed by atoms with Crippen LogP contribution >= 0.6 is 0 Å². The molecular formula is C16H16N2O. The second kappa shape index (κ2) is 4.00. The largest absolute Gasteiger partial charge is 0.464 e. The van der Waals surface area contributed by atoms with Crippen LogP contribution in [0.3, 0.4) is 0 Å². The molecule has 3 heterocycles. The highest BCUT2D eigenvalue weighted by Gasteiger charge is 2.26. The second-order valence-corrected chi connectivity index (χ2v) is 5.15. The van der Waals surface area contributed by atoms with Crippen LogP contribution < -0.4 is 5.32 Å². The minimum atomic E-state index is 0.143. The lowest BCUT2D eigenvalue weighted by molar-refractivity contribution is 0.418. The van der Waals surface area contributed by atoms with E-state index in [1.165, 1.54) is 22.2 Å². The Morgan fingerprint density at radius 3 is 2.89 bits per heavy atom. The standard InChI is InChI=1S/C16H16N2O/c1-10-6-7-14(19-10)16-15-12(8-9-17-16)11-4-2-3-5-13(11)18-15/h2-7,16-18H,8-9H2,1H3. The lowest BCUT2D eigenvalue weighted by atomic mass is 9.98. The van der Waals surface area contributed by atoms with Crippen molar-refractivity contribution < 1.29 is 4.42 Å². The van der Waals surface area contributed by atoms with E-state index in [1.54, 1.807) is 0 Å². The highest BCUT2D eigenvalue weighted by molar-refractivity contribution is 5.85. The number of furan rings is 1. The van der Waals surface area contributed by atoms with E-state index in [9.17, 15) is 0 Å². The van der Waals surface area contributed by atoms with E-state index in [4.69, 9.17) is 4.42 Å². The van der Waals surface area contributed by atoms with Gasteiger partial charge in [-0.25, -0.2) is 0 Å². The van der Waals surface area contributed by atoms with Crippen molar-refractivity contribution in [3.63, 3.8) is 0 Å². The minimum absolute atomic E-state index is 0.143. The topological polar surface area (TPSA) is 41.0 Å². The molecule has 0 amide bonds. The lowest BCUT2D eigenvalue weighted by Gasteiger charge is -2.22. The molecule has 3 nitrogen and oxygen atoms in total. The van der Waals surface area contributed by atoms with Crippen LogP contribution in [0.2, 0.25) is 0 Å². The molecule has 0 fully saturated rings. The molecule has 2 N–H and O–H groups in total. The summed E-state index contributed by atoms with van der Waals surface area (Å²) in [5.41, 5.74) is 3.89. The van der Waals surface area contributed by atoms with Gasteiger partial charge >= 0.3 is 0 Å². The van der Waals surface area contributed by atoms with Crippen LogP contribution in [0.1, 0.15) is 28.8 Å². The number of benzene rings is 1. The third kappa shape index (κ3) is 1.62. The highest BCUT2D eigenvalue weighted by Crippen LogP contribution is 2.33. The first kappa shape index (κ1) is 10.9. The van der Waals surface area contributed by atoms with Crippen LogP contribution in [-0.4, -0.2) is 11.5 Å². The zero-order chi connectivity index (χ0) is 12.8. The van der Waals surface area contributed by atoms with Crippen molar-refractivity contribution in [2.24, 2.45) is 0 Å². The number of para-hydroxylation sites is 1. The SMILES string of the molecule is Cc1ccc(C2NCCc3c2[nH]c2ccccc32)o1. The number of rotatable bonds is 1. The number of aryl methyl sites for hydroxylation is 1. The van der Waals surface area contributed by atoms with Crippen LogP contribution in [0.25, 0.3) is 10.9 Å². The number of aromatic amines is 1. The van der Waals surface area contributed by atoms with E-state index >= 15 is 0 Å². The van der Waals surface area contributed by atoms with Crippen molar-refractivity contribution >= 4 is 10.9 Å². The third-order valence-electron chi connectivity index (χ3n) is 3.90. The van der Waals surface area contributed by atoms with Crippen molar-refractivity contribution in [2.45, 2.75) is 19.4 Å². The maximum Gasteiger partial charge on any atom is 0.127 e. The van der Waals surface area contributed by atoms with Crippen molar-refractivity contribution in [1.29, 1.82) is 0 Å². The fraction of sp³-hybridized carbons (Fsp3) is 0.250. The summed E-state index contributed by atoms with van der Waals surface area (Å²) in [5, 5.41) is 4.88. The van der Waals surface area contributed by atoms with Gasteiger partial charge in [-0.1, -0.05) is 18.2 Å². The van der Waals surface area contributed by atoms with E-state index in [1.807, 2.05) is 13.0 Å². The van der Waals surface area contributed by atoms with Crippen LogP contribution in [0.5, 0.6) is 0 Å². The average molecular weight is 252 g/mol. The van der Waals surface area contributed by atoms with Gasteiger partial charge < -0.3 is 14.7 Å². The molecule has 1 aliphatic rings. The molecule has 0 saturated carbocycles. The Morgan fingerprint density at radius 2 is 2.05 bits per heavy atom. The van der Waals surface area contributed by atoms with Crippen LogP contribution in [0, 0.1) is 6.92 Å². The van der Waals surface area contributed by atoms with Gasteiger partial charge in [-0.3, -0.25) is 0 Å². The normalized spacial score (nSPS) is 18.7. The van der Waals surface area contributed by atoms with Gasteiger partial charge in [0, 0.05) is 23.1 Å². The molecule has 1 aliphatic heterocycles. The van der Waals surface area contributed by atoms with Crippen molar-refractivity contribution in [3.05, 3.63) is 59.2 Å². The van der Waals surface area contributed by atoms with Gasteiger partial charge in [0.2, 0.25) is 0 Å². The Labute approximate surface area is 111 Å². The highest BCUT2D eigenvalue weighted by atomic mass is 16.3. The molecule has 2 aromatic heterocycles. The minimum Gasteiger partial charge on any atom is -0.464 e. The summed E-state index contributed by atoms with van der Waals surface area (Å²) < 4.78 is 5.79. The summed E-state index contributed by atoms with van der Waals surface area (Å²) in [5.74, 6) is 1.95. The van der Waals surface area contributed by atoms with Gasteiger partial charge in [0.25, 0.3) is 0 Å². The van der Waals surface area contributed by atoms with Crippen molar-refractivity contribution in [3.8, 4) is 0 Å². The number of hydrogen-bond acceptors (Lipinski definition) is 2. The molecule has 0 saturated heterocycles. The van der Waals surface area contributed by atoms with E-state index < -0.39 is 0 Å². The Morgan fingerprint density at radius 1 is 1.16 bits per heavy atom. The number of nitrogens with one attached hydrogen (secondary N) is 2. The smallest absolute Gasteiger partial charge is 0.127 e. The summed E-state index contributed by atoms with van der Waals surface area (Å²) in [6, 6.07) is 12.7. The summed E-state index contributed by atoms with van der Waals surface area (Å²) in [7, 11) is 0. The molecule has 1 unspecified atom stereocenters. The number of aromatic nitrogens is 1. The fourth-order valence-corrected chi connectivity index (χ4v) is 3.03. The van der Waals surface area contributed by atoms with Crippen LogP contribution in [0.4, 0.5) is 0 Å². The molecule has 0 aliphatic carbocycles. The second-order valence-electron chi connectivity index (χ2n) is 5.15. The third-order valence-corrected chi connectivity index (χ3v) is 3.90. The van der Waals surface area contributed by atoms with Crippen molar-refractivity contribution in [2.75, 3.05) is 6.54 Å². The summed E-state index contributed by atoms with van der Waals surface area (Å²) in [6.07, 6.45) is 1.07. The molecule has 1 atom stereocenters. The predicted molar refractivity (Wildman–Crippen MR) is 75.3 cm³/mol. The molecular weight excluding hydrogens is 236 g/mol. The van der Waals surface area contributed by atoms with E-state index in [2.05, 4.69) is 40.6 Å². The fourth-order valence-electron chi connectivity index (χ4n) is 3.03. The molecule has 4 rings (SSSR count). The van der Waals surface area contributed by atoms with Crippen LogP contribution in [0.15, 0.2) is 40.8 Å². The van der Waals surface area contributed by atoms with Gasteiger partial charge in [-0.15, -0.1) is 0 Å². The monoisotopic (exact) mass is 252 g/mol. The van der Waals surface area contributed by atoms with Crippen LogP contribution in [-0.2, 0) is 6.42 Å². The number of hydrogen-bond donors (Lipinski definition) is 2. The summed E-state index contributed by atoms with van der Waals surface area (Å²) in [4.78, 5) is 3.55. The molecule has 19 heavy (non-hydrogen) atoms. The first-order chi connectivity index (χ1) is 9.33. The zero-order valence-electron chi connectivity index (χ0n) is 10.9. The molecule has 3 heteroatoms. The first-order valence-electron chi connectivity index (χ1n) is 6.72. The Balaban J connectivity index is 1.90. The molecule has 0 spiro atoms. The Kier molecular flexibility index (Phi) is 2.29. The van der Waals surface area contributed by atoms with Gasteiger partial charge in [-0.05, 0) is 37.1 Å². The molecule has 0 radical (unpaired) electrons. The Bertz CT molecular complexity index is 738. The van der Waals surface area contributed by atoms with E-state index in [-0.39, 0.29) is 6.04 Å². The van der Waals surface area contributed by atoms with Gasteiger partial charge in [-0.2, -0.15) is 0 Å². The lowest BCUT2D eigenvalue weighted by Crippen LogP contribution is -2.30. The predicted octanol–water partition coefficient (Wildman–Crippen LogP) is 3.30. The summed E-state index contributed by atoms with van der Waals surface area (Å²) in [6.45, 7) is 2.97. The average Bonchev–Trinajstić information content (AvgIpc) is 3.02. The Hall–Kier alpha value is -2.00. The van der Waals surface area contributed by atoms with Gasteiger partial charge in [0.1, 0.15) is 17.6 Å². The van der Waals surface area contributed by atoms with E-state index in [0.717, 1.165) is 24.5 Å². The summed E-state index contributed by atoms with van der Waals surface area (Å²) >= 11 is 0.